The SMILES string of the molecule is C/C=C\C/C(C)=N/NC. The molecule has 9 heavy (non-hydrogen) atoms. The molecule has 0 aliphatic rings. The van der Waals surface area contributed by atoms with Gasteiger partial charge in [0.1, 0.15) is 0 Å². The van der Waals surface area contributed by atoms with Crippen LogP contribution in [0.1, 0.15) is 20.3 Å². The van der Waals surface area contributed by atoms with Gasteiger partial charge in [-0.2, -0.15) is 5.10 Å². The minimum absolute atomic E-state index is 0.942. The number of hydrogen-bond acceptors (Lipinski definition) is 2. The predicted molar refractivity (Wildman–Crippen MR) is 41.6 cm³/mol. The summed E-state index contributed by atoms with van der Waals surface area (Å²) in [7, 11) is 1.80. The predicted octanol–water partition coefficient (Wildman–Crippen LogP) is 1.55. The Hall–Kier alpha value is -0.790. The van der Waals surface area contributed by atoms with Gasteiger partial charge in [0.15, 0.2) is 0 Å². The second kappa shape index (κ2) is 5.35. The van der Waals surface area contributed by atoms with E-state index in [2.05, 4.69) is 16.6 Å². The molecule has 0 bridgehead atoms. The Kier molecular flexibility index (Phi) is 4.88. The Labute approximate surface area is 56.7 Å². The molecule has 2 heteroatoms. The van der Waals surface area contributed by atoms with Crippen molar-refractivity contribution in [1.29, 1.82) is 0 Å². The fraction of sp³-hybridized carbons (Fsp3) is 0.571. The van der Waals surface area contributed by atoms with Gasteiger partial charge in [0.2, 0.25) is 0 Å². The molecule has 0 fully saturated rings. The van der Waals surface area contributed by atoms with Crippen LogP contribution in [0.15, 0.2) is 17.3 Å². The summed E-state index contributed by atoms with van der Waals surface area (Å²) in [6, 6.07) is 0. The van der Waals surface area contributed by atoms with Crippen molar-refractivity contribution in [3.05, 3.63) is 12.2 Å². The summed E-state index contributed by atoms with van der Waals surface area (Å²) < 4.78 is 0. The molecule has 0 heterocycles. The van der Waals surface area contributed by atoms with Crippen LogP contribution < -0.4 is 5.43 Å². The van der Waals surface area contributed by atoms with E-state index in [-0.39, 0.29) is 0 Å². The standard InChI is InChI=1S/C7H14N2/c1-4-5-6-7(2)9-8-3/h4-5,8H,6H2,1-3H3/b5-4-,9-7+. The van der Waals surface area contributed by atoms with Crippen molar-refractivity contribution in [3.8, 4) is 0 Å². The third-order valence-electron chi connectivity index (χ3n) is 0.952. The van der Waals surface area contributed by atoms with E-state index >= 15 is 0 Å². The van der Waals surface area contributed by atoms with Gasteiger partial charge in [-0.25, -0.2) is 0 Å². The van der Waals surface area contributed by atoms with E-state index in [4.69, 9.17) is 0 Å². The molecule has 0 aromatic rings. The molecule has 0 aromatic heterocycles. The maximum absolute atomic E-state index is 3.98. The third kappa shape index (κ3) is 5.07. The second-order valence-corrected chi connectivity index (χ2v) is 1.84. The summed E-state index contributed by atoms with van der Waals surface area (Å²) in [5.41, 5.74) is 3.84. The van der Waals surface area contributed by atoms with E-state index in [1.807, 2.05) is 19.9 Å². The molecular formula is C7H14N2. The summed E-state index contributed by atoms with van der Waals surface area (Å²) in [5, 5.41) is 3.98. The molecule has 0 radical (unpaired) electrons. The first-order valence-corrected chi connectivity index (χ1v) is 3.12. The lowest BCUT2D eigenvalue weighted by atomic mass is 10.3. The van der Waals surface area contributed by atoms with Crippen molar-refractivity contribution in [2.75, 3.05) is 7.05 Å². The lowest BCUT2D eigenvalue weighted by molar-refractivity contribution is 0.893. The number of hydrazone groups is 1. The van der Waals surface area contributed by atoms with Gasteiger partial charge in [-0.15, -0.1) is 0 Å². The van der Waals surface area contributed by atoms with Crippen LogP contribution in [0.5, 0.6) is 0 Å². The molecule has 0 aliphatic heterocycles. The van der Waals surface area contributed by atoms with E-state index in [1.54, 1.807) is 7.05 Å². The molecule has 0 rings (SSSR count). The first-order valence-electron chi connectivity index (χ1n) is 3.12. The van der Waals surface area contributed by atoms with Gasteiger partial charge in [-0.05, 0) is 13.8 Å². The van der Waals surface area contributed by atoms with Crippen molar-refractivity contribution in [2.45, 2.75) is 20.3 Å². The molecule has 0 amide bonds. The quantitative estimate of drug-likeness (QED) is 0.346. The van der Waals surface area contributed by atoms with Crippen LogP contribution in [0.4, 0.5) is 0 Å². The van der Waals surface area contributed by atoms with Gasteiger partial charge in [-0.3, -0.25) is 0 Å². The van der Waals surface area contributed by atoms with Crippen LogP contribution >= 0.6 is 0 Å². The van der Waals surface area contributed by atoms with Crippen LogP contribution in [0.25, 0.3) is 0 Å². The maximum Gasteiger partial charge on any atom is 0.0384 e. The highest BCUT2D eigenvalue weighted by Crippen LogP contribution is 1.85. The van der Waals surface area contributed by atoms with Gasteiger partial charge in [0.05, 0.1) is 0 Å². The van der Waals surface area contributed by atoms with Crippen molar-refractivity contribution in [3.63, 3.8) is 0 Å². The van der Waals surface area contributed by atoms with Crippen molar-refractivity contribution < 1.29 is 0 Å². The van der Waals surface area contributed by atoms with Crippen LogP contribution in [0, 0.1) is 0 Å². The Balaban J connectivity index is 3.49. The monoisotopic (exact) mass is 126 g/mol. The Morgan fingerprint density at radius 1 is 1.67 bits per heavy atom. The number of allylic oxidation sites excluding steroid dienone is 2. The summed E-state index contributed by atoms with van der Waals surface area (Å²) in [6.45, 7) is 4.00. The highest BCUT2D eigenvalue weighted by atomic mass is 15.3. The van der Waals surface area contributed by atoms with Crippen LogP contribution in [0.3, 0.4) is 0 Å². The average Bonchev–Trinajstić information content (AvgIpc) is 1.85. The second-order valence-electron chi connectivity index (χ2n) is 1.84. The fourth-order valence-corrected chi connectivity index (χ4v) is 0.525. The van der Waals surface area contributed by atoms with Gasteiger partial charge in [0.25, 0.3) is 0 Å². The minimum atomic E-state index is 0.942. The molecule has 0 atom stereocenters. The van der Waals surface area contributed by atoms with Crippen molar-refractivity contribution in [2.24, 2.45) is 5.10 Å². The lowest BCUT2D eigenvalue weighted by Crippen LogP contribution is -1.99. The molecule has 0 spiro atoms. The summed E-state index contributed by atoms with van der Waals surface area (Å²) in [5.74, 6) is 0. The normalized spacial score (nSPS) is 12.6. The minimum Gasteiger partial charge on any atom is -0.313 e. The number of rotatable bonds is 3. The number of nitrogens with zero attached hydrogens (tertiary/aromatic N) is 1. The van der Waals surface area contributed by atoms with Crippen molar-refractivity contribution in [1.82, 2.24) is 5.43 Å². The van der Waals surface area contributed by atoms with Crippen LogP contribution in [0.2, 0.25) is 0 Å². The summed E-state index contributed by atoms with van der Waals surface area (Å²) in [4.78, 5) is 0. The fourth-order valence-electron chi connectivity index (χ4n) is 0.525. The highest BCUT2D eigenvalue weighted by Gasteiger charge is 1.82. The zero-order valence-corrected chi connectivity index (χ0v) is 6.31. The Morgan fingerprint density at radius 2 is 2.33 bits per heavy atom. The molecule has 0 aromatic carbocycles. The molecule has 52 valence electrons. The van der Waals surface area contributed by atoms with Gasteiger partial charge in [0, 0.05) is 19.2 Å². The third-order valence-corrected chi connectivity index (χ3v) is 0.952. The molecule has 0 saturated carbocycles. The van der Waals surface area contributed by atoms with Gasteiger partial charge >= 0.3 is 0 Å². The zero-order valence-electron chi connectivity index (χ0n) is 6.31. The molecule has 1 N–H and O–H groups in total. The van der Waals surface area contributed by atoms with Gasteiger partial charge in [-0.1, -0.05) is 12.2 Å². The van der Waals surface area contributed by atoms with Crippen LogP contribution in [-0.2, 0) is 0 Å². The number of hydrogen-bond donors (Lipinski definition) is 1. The lowest BCUT2D eigenvalue weighted by Gasteiger charge is -1.92. The largest absolute Gasteiger partial charge is 0.313 e. The number of nitrogens with one attached hydrogen (secondary N) is 1. The van der Waals surface area contributed by atoms with E-state index in [1.165, 1.54) is 0 Å². The summed E-state index contributed by atoms with van der Waals surface area (Å²) in [6.07, 6.45) is 5.04. The topological polar surface area (TPSA) is 24.4 Å². The molecular weight excluding hydrogens is 112 g/mol. The smallest absolute Gasteiger partial charge is 0.0384 e. The first kappa shape index (κ1) is 8.21. The Morgan fingerprint density at radius 3 is 2.78 bits per heavy atom. The maximum atomic E-state index is 3.98. The van der Waals surface area contributed by atoms with Crippen molar-refractivity contribution >= 4 is 5.71 Å². The summed E-state index contributed by atoms with van der Waals surface area (Å²) >= 11 is 0. The zero-order chi connectivity index (χ0) is 7.11. The molecule has 0 aliphatic carbocycles. The molecule has 0 unspecified atom stereocenters. The average molecular weight is 126 g/mol. The van der Waals surface area contributed by atoms with E-state index in [0.717, 1.165) is 12.1 Å². The Bertz CT molecular complexity index is 114. The molecule has 0 saturated heterocycles. The van der Waals surface area contributed by atoms with E-state index in [9.17, 15) is 0 Å². The first-order chi connectivity index (χ1) is 4.31. The van der Waals surface area contributed by atoms with Crippen LogP contribution in [-0.4, -0.2) is 12.8 Å². The van der Waals surface area contributed by atoms with E-state index < -0.39 is 0 Å². The highest BCUT2D eigenvalue weighted by molar-refractivity contribution is 5.82. The molecule has 2 nitrogen and oxygen atoms in total. The van der Waals surface area contributed by atoms with Gasteiger partial charge < -0.3 is 5.43 Å². The van der Waals surface area contributed by atoms with E-state index in [0.29, 0.717) is 0 Å².